The van der Waals surface area contributed by atoms with Crippen molar-refractivity contribution in [2.24, 2.45) is 5.41 Å². The summed E-state index contributed by atoms with van der Waals surface area (Å²) < 4.78 is 1.14. The molecule has 1 saturated carbocycles. The summed E-state index contributed by atoms with van der Waals surface area (Å²) in [5.41, 5.74) is 3.10. The van der Waals surface area contributed by atoms with Gasteiger partial charge in [-0.05, 0) is 77.1 Å². The number of halogens is 2. The minimum atomic E-state index is -0.153. The van der Waals surface area contributed by atoms with Crippen molar-refractivity contribution in [1.82, 2.24) is 0 Å². The third-order valence-corrected chi connectivity index (χ3v) is 6.46. The molecule has 21 heavy (non-hydrogen) atoms. The first-order chi connectivity index (χ1) is 9.98. The van der Waals surface area contributed by atoms with Crippen LogP contribution in [0.3, 0.4) is 0 Å². The predicted octanol–water partition coefficient (Wildman–Crippen LogP) is 5.45. The predicted molar refractivity (Wildman–Crippen MR) is 91.1 cm³/mol. The van der Waals surface area contributed by atoms with E-state index in [-0.39, 0.29) is 11.5 Å². The first-order valence-corrected chi connectivity index (χ1v) is 8.74. The molecule has 2 aromatic rings. The third-order valence-electron chi connectivity index (χ3n) is 5.57. The Hall–Kier alpha value is -0.570. The van der Waals surface area contributed by atoms with Gasteiger partial charge >= 0.3 is 0 Å². The molecule has 2 aromatic carbocycles. The number of benzene rings is 2. The molecular weight excluding hydrogens is 348 g/mol. The van der Waals surface area contributed by atoms with Crippen LogP contribution in [-0.2, 0) is 6.42 Å². The van der Waals surface area contributed by atoms with Gasteiger partial charge < -0.3 is 5.11 Å². The van der Waals surface area contributed by atoms with Gasteiger partial charge in [0.05, 0.1) is 6.10 Å². The van der Waals surface area contributed by atoms with Gasteiger partial charge in [0, 0.05) is 9.50 Å². The molecule has 1 N–H and O–H groups in total. The van der Waals surface area contributed by atoms with Gasteiger partial charge in [-0.2, -0.15) is 0 Å². The minimum absolute atomic E-state index is 0.153. The number of hydrogen-bond acceptors (Lipinski definition) is 1. The van der Waals surface area contributed by atoms with Crippen molar-refractivity contribution in [2.75, 3.05) is 0 Å². The van der Waals surface area contributed by atoms with Crippen molar-refractivity contribution < 1.29 is 5.11 Å². The van der Waals surface area contributed by atoms with Crippen molar-refractivity contribution >= 4 is 38.3 Å². The van der Waals surface area contributed by atoms with Crippen molar-refractivity contribution in [3.8, 4) is 0 Å². The molecule has 0 aromatic heterocycles. The normalized spacial score (nSPS) is 31.2. The van der Waals surface area contributed by atoms with Crippen LogP contribution in [0.5, 0.6) is 0 Å². The Bertz CT molecular complexity index is 742. The summed E-state index contributed by atoms with van der Waals surface area (Å²) >= 11 is 9.94. The highest BCUT2D eigenvalue weighted by molar-refractivity contribution is 9.10. The largest absolute Gasteiger partial charge is 0.393 e. The van der Waals surface area contributed by atoms with Gasteiger partial charge in [-0.3, -0.25) is 0 Å². The van der Waals surface area contributed by atoms with Gasteiger partial charge in [-0.1, -0.05) is 40.5 Å². The van der Waals surface area contributed by atoms with Crippen LogP contribution in [0.15, 0.2) is 28.7 Å². The van der Waals surface area contributed by atoms with Crippen LogP contribution in [0.1, 0.15) is 43.2 Å². The van der Waals surface area contributed by atoms with Gasteiger partial charge in [-0.25, -0.2) is 0 Å². The highest BCUT2D eigenvalue weighted by Crippen LogP contribution is 2.57. The number of aryl methyl sites for hydroxylation is 1. The monoisotopic (exact) mass is 364 g/mol. The summed E-state index contributed by atoms with van der Waals surface area (Å²) in [4.78, 5) is 0. The van der Waals surface area contributed by atoms with E-state index in [1.807, 2.05) is 6.07 Å². The molecule has 1 fully saturated rings. The molecule has 3 heteroatoms. The average molecular weight is 366 g/mol. The molecule has 2 aliphatic carbocycles. The second kappa shape index (κ2) is 4.71. The maximum Gasteiger partial charge on any atom is 0.0551 e. The first kappa shape index (κ1) is 14.0. The van der Waals surface area contributed by atoms with Crippen LogP contribution in [0.4, 0.5) is 0 Å². The Morgan fingerprint density at radius 3 is 2.90 bits per heavy atom. The van der Waals surface area contributed by atoms with E-state index in [4.69, 9.17) is 11.6 Å². The van der Waals surface area contributed by atoms with Gasteiger partial charge in [0.25, 0.3) is 0 Å². The Morgan fingerprint density at radius 1 is 1.29 bits per heavy atom. The number of rotatable bonds is 0. The lowest BCUT2D eigenvalue weighted by Gasteiger charge is -2.38. The maximum atomic E-state index is 10.1. The van der Waals surface area contributed by atoms with Crippen LogP contribution in [0, 0.1) is 5.41 Å². The molecule has 1 nitrogen and oxygen atoms in total. The Morgan fingerprint density at radius 2 is 2.10 bits per heavy atom. The SMILES string of the molecule is C[C@@]12CCc3c(cc(Br)c4ccc(Cl)cc34)[C@H]1C[C@H](O)C2. The summed E-state index contributed by atoms with van der Waals surface area (Å²) in [7, 11) is 0. The first-order valence-electron chi connectivity index (χ1n) is 7.56. The van der Waals surface area contributed by atoms with Crippen LogP contribution >= 0.6 is 27.5 Å². The highest BCUT2D eigenvalue weighted by Gasteiger charge is 2.47. The van der Waals surface area contributed by atoms with Crippen LogP contribution in [-0.4, -0.2) is 11.2 Å². The lowest BCUT2D eigenvalue weighted by Crippen LogP contribution is -2.26. The fourth-order valence-corrected chi connectivity index (χ4v) is 5.30. The third kappa shape index (κ3) is 2.07. The standard InChI is InChI=1S/C18H18BrClO/c1-18-5-4-12-14-6-10(20)2-3-13(14)17(19)8-15(12)16(18)7-11(21)9-18/h2-3,6,8,11,16,21H,4-5,7,9H2,1H3/t11-,16+,18-/m0/s1. The summed E-state index contributed by atoms with van der Waals surface area (Å²) in [6, 6.07) is 8.42. The topological polar surface area (TPSA) is 20.2 Å². The van der Waals surface area contributed by atoms with E-state index in [0.717, 1.165) is 35.2 Å². The van der Waals surface area contributed by atoms with E-state index in [1.165, 1.54) is 21.9 Å². The summed E-state index contributed by atoms with van der Waals surface area (Å²) in [6.45, 7) is 2.34. The molecule has 0 aliphatic heterocycles. The smallest absolute Gasteiger partial charge is 0.0551 e. The Labute approximate surface area is 138 Å². The van der Waals surface area contributed by atoms with Crippen molar-refractivity contribution in [1.29, 1.82) is 0 Å². The zero-order valence-electron chi connectivity index (χ0n) is 12.0. The summed E-state index contributed by atoms with van der Waals surface area (Å²) in [6.07, 6.45) is 3.91. The second-order valence-electron chi connectivity index (χ2n) is 6.92. The number of fused-ring (bicyclic) bond motifs is 5. The Kier molecular flexibility index (Phi) is 3.15. The van der Waals surface area contributed by atoms with E-state index in [9.17, 15) is 5.11 Å². The molecule has 0 bridgehead atoms. The van der Waals surface area contributed by atoms with Crippen molar-refractivity contribution in [3.63, 3.8) is 0 Å². The molecule has 110 valence electrons. The minimum Gasteiger partial charge on any atom is -0.393 e. The molecule has 0 amide bonds. The van der Waals surface area contributed by atoms with Crippen LogP contribution in [0.2, 0.25) is 5.02 Å². The van der Waals surface area contributed by atoms with Gasteiger partial charge in [0.2, 0.25) is 0 Å². The van der Waals surface area contributed by atoms with Crippen LogP contribution in [0.25, 0.3) is 10.8 Å². The van der Waals surface area contributed by atoms with Gasteiger partial charge in [-0.15, -0.1) is 0 Å². The molecule has 0 heterocycles. The fraction of sp³-hybridized carbons (Fsp3) is 0.444. The lowest BCUT2D eigenvalue weighted by atomic mass is 9.66. The van der Waals surface area contributed by atoms with Crippen molar-refractivity contribution in [2.45, 2.75) is 44.6 Å². The number of aliphatic hydroxyl groups excluding tert-OH is 1. The molecule has 0 spiro atoms. The molecule has 0 saturated heterocycles. The number of hydrogen-bond donors (Lipinski definition) is 1. The Balaban J connectivity index is 1.99. The number of aliphatic hydroxyl groups is 1. The van der Waals surface area contributed by atoms with Crippen LogP contribution < -0.4 is 0 Å². The van der Waals surface area contributed by atoms with Crippen molar-refractivity contribution in [3.05, 3.63) is 44.9 Å². The molecule has 2 aliphatic rings. The molecule has 0 unspecified atom stereocenters. The van der Waals surface area contributed by atoms with E-state index in [0.29, 0.717) is 5.92 Å². The zero-order chi connectivity index (χ0) is 14.8. The summed E-state index contributed by atoms with van der Waals surface area (Å²) in [5, 5.41) is 13.4. The highest BCUT2D eigenvalue weighted by atomic mass is 79.9. The van der Waals surface area contributed by atoms with E-state index >= 15 is 0 Å². The van der Waals surface area contributed by atoms with E-state index in [2.05, 4.69) is 41.1 Å². The van der Waals surface area contributed by atoms with E-state index in [1.54, 1.807) is 0 Å². The van der Waals surface area contributed by atoms with Gasteiger partial charge in [0.1, 0.15) is 0 Å². The van der Waals surface area contributed by atoms with E-state index < -0.39 is 0 Å². The molecule has 0 radical (unpaired) electrons. The second-order valence-corrected chi connectivity index (χ2v) is 8.21. The maximum absolute atomic E-state index is 10.1. The summed E-state index contributed by atoms with van der Waals surface area (Å²) in [5.74, 6) is 0.468. The molecular formula is C18H18BrClO. The molecule has 3 atom stereocenters. The average Bonchev–Trinajstić information content (AvgIpc) is 2.73. The quantitative estimate of drug-likeness (QED) is 0.658. The lowest BCUT2D eigenvalue weighted by molar-refractivity contribution is 0.159. The zero-order valence-corrected chi connectivity index (χ0v) is 14.3. The molecule has 4 rings (SSSR count). The van der Waals surface area contributed by atoms with Gasteiger partial charge in [0.15, 0.2) is 0 Å². The fourth-order valence-electron chi connectivity index (χ4n) is 4.53.